The Labute approximate surface area is 187 Å². The molecule has 0 N–H and O–H groups in total. The van der Waals surface area contributed by atoms with Crippen LogP contribution in [0.25, 0.3) is 5.57 Å². The van der Waals surface area contributed by atoms with Crippen LogP contribution in [0.3, 0.4) is 0 Å². The van der Waals surface area contributed by atoms with Crippen molar-refractivity contribution >= 4 is 17.0 Å². The van der Waals surface area contributed by atoms with Gasteiger partial charge >= 0.3 is 0 Å². The number of aliphatic imine (C=N–C) groups is 1. The van der Waals surface area contributed by atoms with Crippen molar-refractivity contribution in [3.63, 3.8) is 0 Å². The van der Waals surface area contributed by atoms with Crippen LogP contribution in [0, 0.1) is 13.8 Å². The summed E-state index contributed by atoms with van der Waals surface area (Å²) < 4.78 is 0. The van der Waals surface area contributed by atoms with E-state index >= 15 is 0 Å². The third-order valence-electron chi connectivity index (χ3n) is 5.28. The van der Waals surface area contributed by atoms with Crippen molar-refractivity contribution in [1.29, 1.82) is 0 Å². The Morgan fingerprint density at radius 2 is 1.39 bits per heavy atom. The molecule has 0 fully saturated rings. The molecule has 0 saturated heterocycles. The smallest absolute Gasteiger partial charge is 0.0662 e. The molecule has 0 spiro atoms. The molecule has 0 unspecified atom stereocenters. The molecule has 3 aromatic carbocycles. The zero-order valence-corrected chi connectivity index (χ0v) is 19.0. The molecule has 0 saturated carbocycles. The van der Waals surface area contributed by atoms with Gasteiger partial charge in [0.15, 0.2) is 0 Å². The minimum Gasteiger partial charge on any atom is -0.253 e. The van der Waals surface area contributed by atoms with E-state index in [9.17, 15) is 0 Å². The number of hydrogen-bond acceptors (Lipinski definition) is 1. The fourth-order valence-corrected chi connectivity index (χ4v) is 3.32. The molecular formula is C30H31N. The fourth-order valence-electron chi connectivity index (χ4n) is 3.32. The monoisotopic (exact) mass is 405 g/mol. The molecule has 0 aromatic heterocycles. The highest BCUT2D eigenvalue weighted by atomic mass is 14.7. The summed E-state index contributed by atoms with van der Waals surface area (Å²) in [5, 5.41) is 0. The van der Waals surface area contributed by atoms with Crippen molar-refractivity contribution in [2.75, 3.05) is 0 Å². The summed E-state index contributed by atoms with van der Waals surface area (Å²) in [6.07, 6.45) is 9.89. The van der Waals surface area contributed by atoms with E-state index in [4.69, 9.17) is 4.99 Å². The number of nitrogens with zero attached hydrogens (tertiary/aromatic N) is 1. The molecule has 0 heterocycles. The lowest BCUT2D eigenvalue weighted by molar-refractivity contribution is 1.35. The van der Waals surface area contributed by atoms with E-state index < -0.39 is 0 Å². The first-order valence-corrected chi connectivity index (χ1v) is 10.8. The topological polar surface area (TPSA) is 12.4 Å². The molecule has 156 valence electrons. The van der Waals surface area contributed by atoms with Crippen molar-refractivity contribution in [2.45, 2.75) is 34.1 Å². The third kappa shape index (κ3) is 6.79. The van der Waals surface area contributed by atoms with Crippen molar-refractivity contribution in [3.8, 4) is 0 Å². The van der Waals surface area contributed by atoms with Gasteiger partial charge in [-0.25, -0.2) is 0 Å². The van der Waals surface area contributed by atoms with Gasteiger partial charge in [-0.15, -0.1) is 0 Å². The first-order valence-electron chi connectivity index (χ1n) is 10.8. The van der Waals surface area contributed by atoms with Crippen LogP contribution >= 0.6 is 0 Å². The number of para-hydroxylation sites is 1. The summed E-state index contributed by atoms with van der Waals surface area (Å²) in [5.41, 5.74) is 9.61. The Balaban J connectivity index is 0.000000330. The SMILES string of the molecule is CC1=CCC=C(c2ccc(C(C)=Nc3ccccc3C)cc2)C=C1.Cc1ccccc1. The van der Waals surface area contributed by atoms with Gasteiger partial charge in [0.2, 0.25) is 0 Å². The molecule has 4 rings (SSSR count). The lowest BCUT2D eigenvalue weighted by Gasteiger charge is -2.06. The molecular weight excluding hydrogens is 374 g/mol. The number of rotatable bonds is 3. The Morgan fingerprint density at radius 1 is 0.710 bits per heavy atom. The maximum absolute atomic E-state index is 4.78. The van der Waals surface area contributed by atoms with Gasteiger partial charge in [-0.05, 0) is 62.4 Å². The molecule has 0 radical (unpaired) electrons. The normalized spacial score (nSPS) is 13.5. The fraction of sp³-hybridized carbons (Fsp3) is 0.167. The zero-order chi connectivity index (χ0) is 22.1. The standard InChI is InChI=1S/C23H23N.C7H8/c1-17-7-6-9-21(12-11-17)22-15-13-20(14-16-22)19(3)24-23-10-5-4-8-18(23)2;1-7-5-3-2-4-6-7/h4-5,7-16H,6H2,1-3H3;2-6H,1H3. The number of hydrogen-bond donors (Lipinski definition) is 0. The summed E-state index contributed by atoms with van der Waals surface area (Å²) in [7, 11) is 0. The third-order valence-corrected chi connectivity index (χ3v) is 5.28. The minimum absolute atomic E-state index is 0.990. The van der Waals surface area contributed by atoms with Gasteiger partial charge in [-0.3, -0.25) is 4.99 Å². The van der Waals surface area contributed by atoms with E-state index in [1.807, 2.05) is 30.3 Å². The van der Waals surface area contributed by atoms with Crippen molar-refractivity contribution in [3.05, 3.63) is 131 Å². The van der Waals surface area contributed by atoms with Crippen LogP contribution in [-0.4, -0.2) is 5.71 Å². The average molecular weight is 406 g/mol. The van der Waals surface area contributed by atoms with Gasteiger partial charge in [-0.1, -0.05) is 108 Å². The van der Waals surface area contributed by atoms with Crippen LogP contribution in [0.4, 0.5) is 5.69 Å². The minimum atomic E-state index is 0.990. The zero-order valence-electron chi connectivity index (χ0n) is 19.0. The summed E-state index contributed by atoms with van der Waals surface area (Å²) in [6.45, 7) is 8.39. The highest BCUT2D eigenvalue weighted by Crippen LogP contribution is 2.23. The van der Waals surface area contributed by atoms with E-state index in [0.29, 0.717) is 0 Å². The van der Waals surface area contributed by atoms with E-state index in [2.05, 4.69) is 101 Å². The summed E-state index contributed by atoms with van der Waals surface area (Å²) in [6, 6.07) is 27.2. The highest BCUT2D eigenvalue weighted by molar-refractivity contribution is 6.00. The number of aryl methyl sites for hydroxylation is 2. The van der Waals surface area contributed by atoms with Gasteiger partial charge < -0.3 is 0 Å². The predicted molar refractivity (Wildman–Crippen MR) is 136 cm³/mol. The van der Waals surface area contributed by atoms with Crippen LogP contribution in [0.15, 0.2) is 114 Å². The van der Waals surface area contributed by atoms with E-state index in [0.717, 1.165) is 23.4 Å². The molecule has 1 aliphatic carbocycles. The molecule has 31 heavy (non-hydrogen) atoms. The van der Waals surface area contributed by atoms with Crippen LogP contribution in [-0.2, 0) is 0 Å². The molecule has 0 atom stereocenters. The Bertz CT molecular complexity index is 1110. The second kappa shape index (κ2) is 11.1. The molecule has 0 bridgehead atoms. The summed E-state index contributed by atoms with van der Waals surface area (Å²) in [5.74, 6) is 0. The predicted octanol–water partition coefficient (Wildman–Crippen LogP) is 8.42. The largest absolute Gasteiger partial charge is 0.253 e. The Morgan fingerprint density at radius 3 is 2.03 bits per heavy atom. The first-order chi connectivity index (χ1) is 15.0. The van der Waals surface area contributed by atoms with Crippen LogP contribution in [0.2, 0.25) is 0 Å². The second-order valence-corrected chi connectivity index (χ2v) is 7.89. The average Bonchev–Trinajstić information content (AvgIpc) is 3.01. The van der Waals surface area contributed by atoms with Crippen LogP contribution in [0.5, 0.6) is 0 Å². The van der Waals surface area contributed by atoms with Gasteiger partial charge in [0, 0.05) is 5.71 Å². The van der Waals surface area contributed by atoms with E-state index in [-0.39, 0.29) is 0 Å². The Kier molecular flexibility index (Phi) is 7.95. The van der Waals surface area contributed by atoms with Crippen molar-refractivity contribution < 1.29 is 0 Å². The van der Waals surface area contributed by atoms with E-state index in [1.165, 1.54) is 27.8 Å². The van der Waals surface area contributed by atoms with Crippen molar-refractivity contribution in [1.82, 2.24) is 0 Å². The number of allylic oxidation sites excluding steroid dienone is 6. The van der Waals surface area contributed by atoms with Crippen LogP contribution in [0.1, 0.15) is 42.5 Å². The highest BCUT2D eigenvalue weighted by Gasteiger charge is 2.03. The Hall–Kier alpha value is -3.45. The number of benzene rings is 3. The molecule has 3 aromatic rings. The van der Waals surface area contributed by atoms with Crippen molar-refractivity contribution in [2.24, 2.45) is 4.99 Å². The quantitative estimate of drug-likeness (QED) is 0.388. The van der Waals surface area contributed by atoms with Gasteiger partial charge in [0.1, 0.15) is 0 Å². The molecule has 1 aliphatic rings. The van der Waals surface area contributed by atoms with Gasteiger partial charge in [-0.2, -0.15) is 0 Å². The first kappa shape index (κ1) is 22.2. The van der Waals surface area contributed by atoms with E-state index in [1.54, 1.807) is 0 Å². The maximum Gasteiger partial charge on any atom is 0.0662 e. The molecule has 1 nitrogen and oxygen atoms in total. The molecule has 0 aliphatic heterocycles. The van der Waals surface area contributed by atoms with Crippen LogP contribution < -0.4 is 0 Å². The summed E-state index contributed by atoms with van der Waals surface area (Å²) >= 11 is 0. The molecule has 0 amide bonds. The second-order valence-electron chi connectivity index (χ2n) is 7.89. The lowest BCUT2D eigenvalue weighted by atomic mass is 10.0. The maximum atomic E-state index is 4.78. The summed E-state index contributed by atoms with van der Waals surface area (Å²) in [4.78, 5) is 4.78. The van der Waals surface area contributed by atoms with Gasteiger partial charge in [0.25, 0.3) is 0 Å². The lowest BCUT2D eigenvalue weighted by Crippen LogP contribution is -1.94. The molecule has 1 heteroatoms. The van der Waals surface area contributed by atoms with Gasteiger partial charge in [0.05, 0.1) is 5.69 Å².